The molecule has 0 unspecified atom stereocenters. The van der Waals surface area contributed by atoms with Crippen LogP contribution in [0.2, 0.25) is 0 Å². The molecule has 1 N–H and O–H groups in total. The van der Waals surface area contributed by atoms with Crippen LogP contribution < -0.4 is 5.32 Å². The number of hydrogen-bond donors (Lipinski definition) is 1. The summed E-state index contributed by atoms with van der Waals surface area (Å²) < 4.78 is 4.57. The zero-order chi connectivity index (χ0) is 11.2. The highest BCUT2D eigenvalue weighted by Gasteiger charge is 2.08. The first-order chi connectivity index (χ1) is 6.37. The van der Waals surface area contributed by atoms with Gasteiger partial charge in [-0.2, -0.15) is 0 Å². The highest BCUT2D eigenvalue weighted by molar-refractivity contribution is 5.87. The van der Waals surface area contributed by atoms with Crippen molar-refractivity contribution in [1.82, 2.24) is 5.32 Å². The largest absolute Gasteiger partial charge is 0.466 e. The third-order valence-electron chi connectivity index (χ3n) is 1.72. The van der Waals surface area contributed by atoms with Crippen molar-refractivity contribution >= 4 is 5.97 Å². The van der Waals surface area contributed by atoms with Crippen molar-refractivity contribution in [3.05, 3.63) is 11.6 Å². The van der Waals surface area contributed by atoms with Crippen LogP contribution in [0.3, 0.4) is 0 Å². The van der Waals surface area contributed by atoms with Crippen LogP contribution in [0.4, 0.5) is 0 Å². The van der Waals surface area contributed by atoms with Crippen molar-refractivity contribution in [1.29, 1.82) is 0 Å². The molecule has 0 saturated heterocycles. The Kier molecular flexibility index (Phi) is 5.46. The van der Waals surface area contributed by atoms with Gasteiger partial charge < -0.3 is 10.1 Å². The summed E-state index contributed by atoms with van der Waals surface area (Å²) in [4.78, 5) is 11.0. The summed E-state index contributed by atoms with van der Waals surface area (Å²) >= 11 is 0. The standard InChI is InChI=1S/C11H21NO2/c1-9(10(13)14-5)6-7-12-8-11(2,3)4/h6,12H,7-8H2,1-5H3. The Morgan fingerprint density at radius 2 is 2.00 bits per heavy atom. The molecule has 0 fully saturated rings. The average molecular weight is 199 g/mol. The smallest absolute Gasteiger partial charge is 0.333 e. The molecule has 0 aliphatic rings. The normalized spacial score (nSPS) is 12.8. The molecule has 3 nitrogen and oxygen atoms in total. The molecule has 0 aliphatic heterocycles. The fraction of sp³-hybridized carbons (Fsp3) is 0.727. The van der Waals surface area contributed by atoms with E-state index in [-0.39, 0.29) is 11.4 Å². The van der Waals surface area contributed by atoms with Crippen LogP contribution in [0.1, 0.15) is 27.7 Å². The summed E-state index contributed by atoms with van der Waals surface area (Å²) in [5.41, 5.74) is 0.918. The molecule has 0 heterocycles. The van der Waals surface area contributed by atoms with Gasteiger partial charge in [-0.15, -0.1) is 0 Å². The Morgan fingerprint density at radius 3 is 2.43 bits per heavy atom. The van der Waals surface area contributed by atoms with Crippen molar-refractivity contribution in [3.8, 4) is 0 Å². The molecule has 3 heteroatoms. The van der Waals surface area contributed by atoms with Gasteiger partial charge in [0.1, 0.15) is 0 Å². The summed E-state index contributed by atoms with van der Waals surface area (Å²) in [5, 5.41) is 3.25. The second kappa shape index (κ2) is 5.81. The molecule has 0 aliphatic carbocycles. The van der Waals surface area contributed by atoms with Gasteiger partial charge in [-0.05, 0) is 12.3 Å². The molecule has 0 rings (SSSR count). The van der Waals surface area contributed by atoms with Crippen molar-refractivity contribution in [2.75, 3.05) is 20.2 Å². The van der Waals surface area contributed by atoms with E-state index in [0.717, 1.165) is 6.54 Å². The van der Waals surface area contributed by atoms with Gasteiger partial charge in [0.2, 0.25) is 0 Å². The summed E-state index contributed by atoms with van der Waals surface area (Å²) in [6.45, 7) is 9.88. The minimum Gasteiger partial charge on any atom is -0.466 e. The number of ether oxygens (including phenoxy) is 1. The lowest BCUT2D eigenvalue weighted by atomic mass is 9.97. The maximum Gasteiger partial charge on any atom is 0.333 e. The van der Waals surface area contributed by atoms with E-state index < -0.39 is 0 Å². The number of carbonyl (C=O) groups excluding carboxylic acids is 1. The zero-order valence-corrected chi connectivity index (χ0v) is 9.81. The van der Waals surface area contributed by atoms with Gasteiger partial charge in [0.05, 0.1) is 7.11 Å². The lowest BCUT2D eigenvalue weighted by Crippen LogP contribution is -2.27. The summed E-state index contributed by atoms with van der Waals surface area (Å²) in [6, 6.07) is 0. The zero-order valence-electron chi connectivity index (χ0n) is 9.81. The predicted octanol–water partition coefficient (Wildman–Crippen LogP) is 1.74. The monoisotopic (exact) mass is 199 g/mol. The van der Waals surface area contributed by atoms with Gasteiger partial charge >= 0.3 is 5.97 Å². The molecule has 0 aromatic heterocycles. The van der Waals surface area contributed by atoms with Crippen molar-refractivity contribution in [2.45, 2.75) is 27.7 Å². The Balaban J connectivity index is 3.77. The molecular weight excluding hydrogens is 178 g/mol. The second-order valence-electron chi connectivity index (χ2n) is 4.57. The van der Waals surface area contributed by atoms with E-state index in [1.165, 1.54) is 7.11 Å². The van der Waals surface area contributed by atoms with Crippen LogP contribution in [0.5, 0.6) is 0 Å². The molecule has 0 spiro atoms. The number of esters is 1. The summed E-state index contributed by atoms with van der Waals surface area (Å²) in [5.74, 6) is -0.262. The van der Waals surface area contributed by atoms with Gasteiger partial charge in [-0.3, -0.25) is 0 Å². The second-order valence-corrected chi connectivity index (χ2v) is 4.57. The Hall–Kier alpha value is -0.830. The first kappa shape index (κ1) is 13.2. The van der Waals surface area contributed by atoms with E-state index >= 15 is 0 Å². The van der Waals surface area contributed by atoms with Crippen LogP contribution in [-0.4, -0.2) is 26.2 Å². The fourth-order valence-electron chi connectivity index (χ4n) is 0.917. The van der Waals surface area contributed by atoms with Crippen LogP contribution in [0.15, 0.2) is 11.6 Å². The maximum absolute atomic E-state index is 11.0. The summed E-state index contributed by atoms with van der Waals surface area (Å²) in [6.07, 6.45) is 1.84. The first-order valence-corrected chi connectivity index (χ1v) is 4.82. The van der Waals surface area contributed by atoms with Gasteiger partial charge in [-0.25, -0.2) is 4.79 Å². The molecule has 0 atom stereocenters. The first-order valence-electron chi connectivity index (χ1n) is 4.82. The minimum absolute atomic E-state index is 0.262. The lowest BCUT2D eigenvalue weighted by molar-refractivity contribution is -0.136. The molecule has 82 valence electrons. The van der Waals surface area contributed by atoms with Crippen LogP contribution in [0, 0.1) is 5.41 Å². The van der Waals surface area contributed by atoms with E-state index in [1.807, 2.05) is 6.08 Å². The highest BCUT2D eigenvalue weighted by Crippen LogP contribution is 2.09. The average Bonchev–Trinajstić information content (AvgIpc) is 2.09. The van der Waals surface area contributed by atoms with E-state index in [2.05, 4.69) is 30.8 Å². The Morgan fingerprint density at radius 1 is 1.43 bits per heavy atom. The van der Waals surface area contributed by atoms with Crippen molar-refractivity contribution in [3.63, 3.8) is 0 Å². The number of carbonyl (C=O) groups is 1. The molecular formula is C11H21NO2. The van der Waals surface area contributed by atoms with E-state index in [1.54, 1.807) is 6.92 Å². The Bertz CT molecular complexity index is 214. The van der Waals surface area contributed by atoms with Crippen LogP contribution in [0.25, 0.3) is 0 Å². The highest BCUT2D eigenvalue weighted by atomic mass is 16.5. The molecule has 0 amide bonds. The third kappa shape index (κ3) is 6.66. The topological polar surface area (TPSA) is 38.3 Å². The molecule has 14 heavy (non-hydrogen) atoms. The summed E-state index contributed by atoms with van der Waals surface area (Å²) in [7, 11) is 1.39. The lowest BCUT2D eigenvalue weighted by Gasteiger charge is -2.17. The molecule has 0 aromatic rings. The van der Waals surface area contributed by atoms with Gasteiger partial charge in [0.15, 0.2) is 0 Å². The molecule has 0 saturated carbocycles. The SMILES string of the molecule is COC(=O)C(C)=CCNCC(C)(C)C. The fourth-order valence-corrected chi connectivity index (χ4v) is 0.917. The third-order valence-corrected chi connectivity index (χ3v) is 1.72. The molecule has 0 aromatic carbocycles. The van der Waals surface area contributed by atoms with Gasteiger partial charge in [-0.1, -0.05) is 26.8 Å². The van der Waals surface area contributed by atoms with E-state index in [0.29, 0.717) is 12.1 Å². The van der Waals surface area contributed by atoms with Crippen LogP contribution in [-0.2, 0) is 9.53 Å². The van der Waals surface area contributed by atoms with Crippen LogP contribution >= 0.6 is 0 Å². The molecule has 0 bridgehead atoms. The van der Waals surface area contributed by atoms with E-state index in [4.69, 9.17) is 0 Å². The predicted molar refractivity (Wildman–Crippen MR) is 58.1 cm³/mol. The number of nitrogens with one attached hydrogen (secondary N) is 1. The quantitative estimate of drug-likeness (QED) is 0.426. The Labute approximate surface area is 86.5 Å². The van der Waals surface area contributed by atoms with Gasteiger partial charge in [0.25, 0.3) is 0 Å². The maximum atomic E-state index is 11.0. The van der Waals surface area contributed by atoms with Gasteiger partial charge in [0, 0.05) is 18.7 Å². The number of rotatable bonds is 4. The van der Waals surface area contributed by atoms with Crippen molar-refractivity contribution < 1.29 is 9.53 Å². The molecule has 0 radical (unpaired) electrons. The van der Waals surface area contributed by atoms with E-state index in [9.17, 15) is 4.79 Å². The van der Waals surface area contributed by atoms with Crippen molar-refractivity contribution in [2.24, 2.45) is 5.41 Å². The minimum atomic E-state index is -0.262. The number of hydrogen-bond acceptors (Lipinski definition) is 3. The number of methoxy groups -OCH3 is 1.